The molecule has 2 N–H and O–H groups in total. The van der Waals surface area contributed by atoms with Crippen molar-refractivity contribution in [2.45, 2.75) is 63.3 Å². The van der Waals surface area contributed by atoms with Gasteiger partial charge < -0.3 is 15.4 Å². The zero-order valence-corrected chi connectivity index (χ0v) is 17.1. The molecule has 4 rings (SSSR count). The van der Waals surface area contributed by atoms with E-state index in [1.165, 1.54) is 24.8 Å². The molecule has 2 heterocycles. The van der Waals surface area contributed by atoms with Crippen LogP contribution >= 0.6 is 0 Å². The fraction of sp³-hybridized carbons (Fsp3) is 0.458. The lowest BCUT2D eigenvalue weighted by Gasteiger charge is -2.49. The number of nitrogens with zero attached hydrogens (tertiary/aromatic N) is 1. The van der Waals surface area contributed by atoms with Gasteiger partial charge in [0.25, 0.3) is 0 Å². The molecule has 0 saturated carbocycles. The Morgan fingerprint density at radius 3 is 2.34 bits per heavy atom. The average molecular weight is 394 g/mol. The van der Waals surface area contributed by atoms with Gasteiger partial charge in [0.1, 0.15) is 5.75 Å². The second-order valence-electron chi connectivity index (χ2n) is 8.24. The molecule has 154 valence electrons. The van der Waals surface area contributed by atoms with Gasteiger partial charge in [-0.1, -0.05) is 48.9 Å². The normalized spacial score (nSPS) is 24.0. The number of hydrogen-bond donors (Lipinski definition) is 2. The molecule has 2 aromatic rings. The summed E-state index contributed by atoms with van der Waals surface area (Å²) in [5.74, 6) is 0.901. The molecule has 2 bridgehead atoms. The molecule has 5 heteroatoms. The summed E-state index contributed by atoms with van der Waals surface area (Å²) in [5, 5.41) is 6.22. The number of carbonyl (C=O) groups is 1. The highest BCUT2D eigenvalue weighted by molar-refractivity contribution is 5.74. The molecule has 0 aliphatic carbocycles. The van der Waals surface area contributed by atoms with Crippen LogP contribution in [0.5, 0.6) is 5.75 Å². The summed E-state index contributed by atoms with van der Waals surface area (Å²) in [4.78, 5) is 15.0. The number of rotatable bonds is 6. The Kier molecular flexibility index (Phi) is 6.35. The minimum absolute atomic E-state index is 0.0551. The fourth-order valence-electron chi connectivity index (χ4n) is 4.81. The summed E-state index contributed by atoms with van der Waals surface area (Å²) in [5.41, 5.74) is 2.45. The minimum atomic E-state index is -0.0551. The number of ether oxygens (including phenoxy) is 1. The molecule has 0 radical (unpaired) electrons. The van der Waals surface area contributed by atoms with Crippen molar-refractivity contribution in [1.29, 1.82) is 0 Å². The Morgan fingerprint density at radius 2 is 1.69 bits per heavy atom. The third kappa shape index (κ3) is 5.10. The van der Waals surface area contributed by atoms with Crippen LogP contribution in [0.1, 0.15) is 43.2 Å². The van der Waals surface area contributed by atoms with Gasteiger partial charge in [0, 0.05) is 31.2 Å². The van der Waals surface area contributed by atoms with Crippen molar-refractivity contribution >= 4 is 6.03 Å². The number of piperidine rings is 2. The number of carbonyl (C=O) groups excluding carboxylic acids is 1. The first-order valence-electron chi connectivity index (χ1n) is 10.7. The summed E-state index contributed by atoms with van der Waals surface area (Å²) >= 11 is 0. The second kappa shape index (κ2) is 9.31. The predicted molar refractivity (Wildman–Crippen MR) is 115 cm³/mol. The number of methoxy groups -OCH3 is 1. The van der Waals surface area contributed by atoms with Crippen LogP contribution in [0.3, 0.4) is 0 Å². The van der Waals surface area contributed by atoms with Gasteiger partial charge in [-0.3, -0.25) is 4.90 Å². The van der Waals surface area contributed by atoms with Gasteiger partial charge >= 0.3 is 6.03 Å². The molecule has 2 fully saturated rings. The molecule has 2 amide bonds. The Labute approximate surface area is 173 Å². The molecule has 2 atom stereocenters. The maximum Gasteiger partial charge on any atom is 0.315 e. The highest BCUT2D eigenvalue weighted by atomic mass is 16.5. The summed E-state index contributed by atoms with van der Waals surface area (Å²) < 4.78 is 5.27. The molecular formula is C24H31N3O2. The van der Waals surface area contributed by atoms with Crippen LogP contribution in [-0.4, -0.2) is 36.2 Å². The van der Waals surface area contributed by atoms with Crippen LogP contribution in [0.2, 0.25) is 0 Å². The van der Waals surface area contributed by atoms with Crippen molar-refractivity contribution in [3.8, 4) is 5.75 Å². The monoisotopic (exact) mass is 393 g/mol. The van der Waals surface area contributed by atoms with E-state index in [2.05, 4.69) is 27.7 Å². The molecule has 5 nitrogen and oxygen atoms in total. The molecule has 0 spiro atoms. The lowest BCUT2D eigenvalue weighted by Crippen LogP contribution is -2.57. The number of urea groups is 1. The summed E-state index contributed by atoms with van der Waals surface area (Å²) in [7, 11) is 1.70. The largest absolute Gasteiger partial charge is 0.497 e. The van der Waals surface area contributed by atoms with Crippen molar-refractivity contribution in [2.24, 2.45) is 0 Å². The third-order valence-corrected chi connectivity index (χ3v) is 6.28. The zero-order chi connectivity index (χ0) is 20.1. The molecule has 29 heavy (non-hydrogen) atoms. The predicted octanol–water partition coefficient (Wildman–Crippen LogP) is 4.08. The quantitative estimate of drug-likeness (QED) is 0.778. The van der Waals surface area contributed by atoms with Crippen molar-refractivity contribution in [3.05, 3.63) is 65.7 Å². The fourth-order valence-corrected chi connectivity index (χ4v) is 4.81. The molecule has 0 aromatic heterocycles. The van der Waals surface area contributed by atoms with Crippen LogP contribution in [0.4, 0.5) is 4.79 Å². The maximum atomic E-state index is 12.4. The van der Waals surface area contributed by atoms with Gasteiger partial charge in [-0.25, -0.2) is 4.79 Å². The van der Waals surface area contributed by atoms with Crippen molar-refractivity contribution in [3.63, 3.8) is 0 Å². The molecule has 2 saturated heterocycles. The zero-order valence-electron chi connectivity index (χ0n) is 17.1. The van der Waals surface area contributed by atoms with Gasteiger partial charge in [0.05, 0.1) is 7.11 Å². The van der Waals surface area contributed by atoms with Gasteiger partial charge in [-0.05, 0) is 48.9 Å². The van der Waals surface area contributed by atoms with E-state index in [4.69, 9.17) is 4.74 Å². The highest BCUT2D eigenvalue weighted by Crippen LogP contribution is 2.35. The third-order valence-electron chi connectivity index (χ3n) is 6.28. The van der Waals surface area contributed by atoms with E-state index in [0.717, 1.165) is 30.7 Å². The van der Waals surface area contributed by atoms with E-state index < -0.39 is 0 Å². The van der Waals surface area contributed by atoms with Crippen LogP contribution in [0, 0.1) is 0 Å². The minimum Gasteiger partial charge on any atom is -0.497 e. The van der Waals surface area contributed by atoms with Crippen LogP contribution < -0.4 is 15.4 Å². The number of amides is 2. The number of hydrogen-bond acceptors (Lipinski definition) is 3. The Balaban J connectivity index is 1.31. The molecule has 2 aliphatic rings. The van der Waals surface area contributed by atoms with Crippen molar-refractivity contribution in [1.82, 2.24) is 15.5 Å². The van der Waals surface area contributed by atoms with Crippen molar-refractivity contribution < 1.29 is 9.53 Å². The highest BCUT2D eigenvalue weighted by Gasteiger charge is 2.38. The number of nitrogens with one attached hydrogen (secondary N) is 2. The summed E-state index contributed by atoms with van der Waals surface area (Å²) in [6.07, 6.45) is 5.80. The van der Waals surface area contributed by atoms with Crippen molar-refractivity contribution in [2.75, 3.05) is 7.11 Å². The topological polar surface area (TPSA) is 53.6 Å². The maximum absolute atomic E-state index is 12.4. The Morgan fingerprint density at radius 1 is 1.00 bits per heavy atom. The second-order valence-corrected chi connectivity index (χ2v) is 8.24. The van der Waals surface area contributed by atoms with E-state index in [1.54, 1.807) is 7.11 Å². The smallest absolute Gasteiger partial charge is 0.315 e. The van der Waals surface area contributed by atoms with Gasteiger partial charge in [-0.15, -0.1) is 0 Å². The molecule has 2 aromatic carbocycles. The van der Waals surface area contributed by atoms with Crippen LogP contribution in [-0.2, 0) is 13.1 Å². The van der Waals surface area contributed by atoms with Gasteiger partial charge in [0.15, 0.2) is 0 Å². The SMILES string of the molecule is COc1ccc(CN2[C@@H]3CCC[C@@H]2CC(NC(=O)NCc2ccccc2)C3)cc1. The first-order chi connectivity index (χ1) is 14.2. The standard InChI is InChI=1S/C24H31N3O2/c1-29-23-12-10-19(11-13-23)17-27-21-8-5-9-22(27)15-20(14-21)26-24(28)25-16-18-6-3-2-4-7-18/h2-4,6-7,10-13,20-22H,5,8-9,14-17H2,1H3,(H2,25,26,28)/t21-,22-/m1/s1. The molecular weight excluding hydrogens is 362 g/mol. The van der Waals surface area contributed by atoms with E-state index >= 15 is 0 Å². The summed E-state index contributed by atoms with van der Waals surface area (Å²) in [6, 6.07) is 19.7. The Hall–Kier alpha value is -2.53. The van der Waals surface area contributed by atoms with E-state index in [-0.39, 0.29) is 12.1 Å². The van der Waals surface area contributed by atoms with Crippen LogP contribution in [0.25, 0.3) is 0 Å². The molecule has 0 unspecified atom stereocenters. The van der Waals surface area contributed by atoms with Gasteiger partial charge in [0.2, 0.25) is 0 Å². The number of fused-ring (bicyclic) bond motifs is 2. The van der Waals surface area contributed by atoms with E-state index in [0.29, 0.717) is 18.6 Å². The molecule has 2 aliphatic heterocycles. The van der Waals surface area contributed by atoms with Gasteiger partial charge in [-0.2, -0.15) is 0 Å². The average Bonchev–Trinajstić information content (AvgIpc) is 2.74. The summed E-state index contributed by atoms with van der Waals surface area (Å²) in [6.45, 7) is 1.54. The Bertz CT molecular complexity index is 780. The van der Waals surface area contributed by atoms with E-state index in [1.807, 2.05) is 42.5 Å². The first-order valence-corrected chi connectivity index (χ1v) is 10.7. The number of benzene rings is 2. The van der Waals surface area contributed by atoms with Crippen LogP contribution in [0.15, 0.2) is 54.6 Å². The lowest BCUT2D eigenvalue weighted by molar-refractivity contribution is 0.0197. The lowest BCUT2D eigenvalue weighted by atomic mass is 9.81. The van der Waals surface area contributed by atoms with E-state index in [9.17, 15) is 4.79 Å². The first kappa shape index (κ1) is 19.8.